The number of rotatable bonds is 9. The Balaban J connectivity index is 1.70. The highest BCUT2D eigenvalue weighted by molar-refractivity contribution is 7.98. The molecule has 0 atom stereocenters. The molecule has 1 fully saturated rings. The summed E-state index contributed by atoms with van der Waals surface area (Å²) < 4.78 is 7.31. The molecule has 2 aromatic heterocycles. The fourth-order valence-corrected chi connectivity index (χ4v) is 4.17. The molecule has 0 unspecified atom stereocenters. The highest BCUT2D eigenvalue weighted by atomic mass is 32.2. The van der Waals surface area contributed by atoms with Crippen LogP contribution in [0.4, 0.5) is 5.82 Å². The summed E-state index contributed by atoms with van der Waals surface area (Å²) in [5.41, 5.74) is 3.74. The number of allylic oxidation sites excluding steroid dienone is 4. The zero-order chi connectivity index (χ0) is 24.0. The highest BCUT2D eigenvalue weighted by Crippen LogP contribution is 2.25. The average Bonchev–Trinajstić information content (AvgIpc) is 3.17. The van der Waals surface area contributed by atoms with E-state index in [1.165, 1.54) is 11.1 Å². The Morgan fingerprint density at radius 3 is 2.58 bits per heavy atom. The molecule has 7 nitrogen and oxygen atoms in total. The van der Waals surface area contributed by atoms with Crippen LogP contribution >= 0.6 is 11.8 Å². The lowest BCUT2D eigenvalue weighted by molar-refractivity contribution is 0.0337. The van der Waals surface area contributed by atoms with Crippen molar-refractivity contribution in [2.75, 3.05) is 51.1 Å². The van der Waals surface area contributed by atoms with Crippen molar-refractivity contribution in [1.29, 1.82) is 0 Å². The first-order valence-corrected chi connectivity index (χ1v) is 12.6. The first kappa shape index (κ1) is 25.5. The number of fused-ring (bicyclic) bond motifs is 1. The van der Waals surface area contributed by atoms with Gasteiger partial charge in [-0.05, 0) is 17.9 Å². The summed E-state index contributed by atoms with van der Waals surface area (Å²) in [5.74, 6) is 4.03. The number of ether oxygens (including phenoxy) is 1. The van der Waals surface area contributed by atoms with Gasteiger partial charge in [-0.25, -0.2) is 4.98 Å². The fourth-order valence-electron chi connectivity index (χ4n) is 3.31. The molecule has 8 heteroatoms. The Bertz CT molecular complexity index is 1010. The molecule has 0 aliphatic carbocycles. The molecule has 2 aromatic rings. The summed E-state index contributed by atoms with van der Waals surface area (Å²) in [6.45, 7) is 17.1. The van der Waals surface area contributed by atoms with Crippen molar-refractivity contribution >= 4 is 23.4 Å². The van der Waals surface area contributed by atoms with E-state index < -0.39 is 0 Å². The number of hydrogen-bond donors (Lipinski definition) is 0. The topological polar surface area (TPSA) is 58.8 Å². The molecule has 33 heavy (non-hydrogen) atoms. The largest absolute Gasteiger partial charge is 0.379 e. The van der Waals surface area contributed by atoms with E-state index in [0.717, 1.165) is 61.7 Å². The van der Waals surface area contributed by atoms with Crippen LogP contribution in [0.25, 0.3) is 5.78 Å². The SMILES string of the molecule is C=C/C(=C\C=C(/C)C(C)(C)C)CSCc1nc2nc(CN3CCOCC3)cc(N(C)C)n2n1. The lowest BCUT2D eigenvalue weighted by Crippen LogP contribution is -2.36. The molecule has 0 aromatic carbocycles. The van der Waals surface area contributed by atoms with Crippen molar-refractivity contribution in [2.45, 2.75) is 40.0 Å². The molecule has 0 amide bonds. The minimum absolute atomic E-state index is 0.175. The maximum atomic E-state index is 5.46. The zero-order valence-electron chi connectivity index (χ0n) is 21.0. The van der Waals surface area contributed by atoms with Crippen LogP contribution in [0.15, 0.2) is 42.0 Å². The highest BCUT2D eigenvalue weighted by Gasteiger charge is 2.16. The average molecular weight is 471 g/mol. The number of anilines is 1. The van der Waals surface area contributed by atoms with Gasteiger partial charge < -0.3 is 9.64 Å². The van der Waals surface area contributed by atoms with Gasteiger partial charge in [-0.1, -0.05) is 51.2 Å². The third-order valence-corrected chi connectivity index (χ3v) is 6.83. The van der Waals surface area contributed by atoms with Crippen LogP contribution in [0, 0.1) is 5.41 Å². The van der Waals surface area contributed by atoms with Gasteiger partial charge in [-0.3, -0.25) is 4.90 Å². The number of aromatic nitrogens is 4. The van der Waals surface area contributed by atoms with Crippen LogP contribution < -0.4 is 4.90 Å². The molecule has 0 bridgehead atoms. The van der Waals surface area contributed by atoms with Gasteiger partial charge in [0.1, 0.15) is 5.82 Å². The monoisotopic (exact) mass is 470 g/mol. The molecule has 1 aliphatic heterocycles. The summed E-state index contributed by atoms with van der Waals surface area (Å²) in [5, 5.41) is 4.74. The Labute approximate surface area is 202 Å². The Morgan fingerprint density at radius 1 is 1.21 bits per heavy atom. The molecule has 1 saturated heterocycles. The second-order valence-electron chi connectivity index (χ2n) is 9.67. The summed E-state index contributed by atoms with van der Waals surface area (Å²) in [6, 6.07) is 2.11. The molecule has 0 spiro atoms. The van der Waals surface area contributed by atoms with Gasteiger partial charge in [0.05, 0.1) is 24.7 Å². The standard InChI is InChI=1S/C25H38N6OS/c1-8-20(10-9-19(2)25(3,4)5)17-33-18-22-27-24-26-21(16-30-11-13-32-14-12-30)15-23(29(6)7)31(24)28-22/h8-10,15H,1,11-14,16-18H2,2-7H3/b19-9+,20-10+. The number of hydrogen-bond acceptors (Lipinski definition) is 7. The predicted octanol–water partition coefficient (Wildman–Crippen LogP) is 4.36. The molecule has 0 radical (unpaired) electrons. The van der Waals surface area contributed by atoms with Gasteiger partial charge >= 0.3 is 0 Å². The van der Waals surface area contributed by atoms with Crippen molar-refractivity contribution in [3.8, 4) is 0 Å². The number of thioether (sulfide) groups is 1. The first-order chi connectivity index (χ1) is 15.7. The van der Waals surface area contributed by atoms with Crippen LogP contribution in [0.1, 0.15) is 39.2 Å². The third kappa shape index (κ3) is 7.16. The van der Waals surface area contributed by atoms with E-state index in [4.69, 9.17) is 19.8 Å². The van der Waals surface area contributed by atoms with Crippen molar-refractivity contribution in [1.82, 2.24) is 24.5 Å². The minimum atomic E-state index is 0.175. The smallest absolute Gasteiger partial charge is 0.254 e. The molecule has 1 aliphatic rings. The van der Waals surface area contributed by atoms with Crippen LogP contribution in [0.2, 0.25) is 0 Å². The van der Waals surface area contributed by atoms with E-state index in [-0.39, 0.29) is 5.41 Å². The maximum Gasteiger partial charge on any atom is 0.254 e. The number of morpholine rings is 1. The van der Waals surface area contributed by atoms with Gasteiger partial charge in [-0.2, -0.15) is 9.50 Å². The van der Waals surface area contributed by atoms with E-state index in [1.54, 1.807) is 11.8 Å². The van der Waals surface area contributed by atoms with E-state index >= 15 is 0 Å². The minimum Gasteiger partial charge on any atom is -0.379 e. The molecular weight excluding hydrogens is 432 g/mol. The molecule has 0 saturated carbocycles. The maximum absolute atomic E-state index is 5.46. The summed E-state index contributed by atoms with van der Waals surface area (Å²) >= 11 is 1.79. The third-order valence-electron chi connectivity index (χ3n) is 5.83. The van der Waals surface area contributed by atoms with Gasteiger partial charge in [0.15, 0.2) is 5.82 Å². The lowest BCUT2D eigenvalue weighted by Gasteiger charge is -2.26. The van der Waals surface area contributed by atoms with Crippen LogP contribution in [0.5, 0.6) is 0 Å². The predicted molar refractivity (Wildman–Crippen MR) is 139 cm³/mol. The summed E-state index contributed by atoms with van der Waals surface area (Å²) in [7, 11) is 4.05. The van der Waals surface area contributed by atoms with Gasteiger partial charge in [0, 0.05) is 45.5 Å². The van der Waals surface area contributed by atoms with Gasteiger partial charge in [0.25, 0.3) is 5.78 Å². The van der Waals surface area contributed by atoms with Gasteiger partial charge in [-0.15, -0.1) is 16.9 Å². The first-order valence-electron chi connectivity index (χ1n) is 11.5. The quantitative estimate of drug-likeness (QED) is 0.505. The molecule has 0 N–H and O–H groups in total. The van der Waals surface area contributed by atoms with Crippen molar-refractivity contribution in [3.05, 3.63) is 53.5 Å². The van der Waals surface area contributed by atoms with Crippen LogP contribution in [0.3, 0.4) is 0 Å². The molecule has 3 rings (SSSR count). The second kappa shape index (κ2) is 11.3. The van der Waals surface area contributed by atoms with Crippen molar-refractivity contribution in [2.24, 2.45) is 5.41 Å². The Kier molecular flexibility index (Phi) is 8.73. The summed E-state index contributed by atoms with van der Waals surface area (Å²) in [6.07, 6.45) is 6.30. The van der Waals surface area contributed by atoms with E-state index in [2.05, 4.69) is 62.3 Å². The summed E-state index contributed by atoms with van der Waals surface area (Å²) in [4.78, 5) is 14.0. The Hall–Kier alpha value is -2.16. The Morgan fingerprint density at radius 2 is 1.94 bits per heavy atom. The van der Waals surface area contributed by atoms with Crippen LogP contribution in [-0.4, -0.2) is 70.6 Å². The van der Waals surface area contributed by atoms with E-state index in [9.17, 15) is 0 Å². The fraction of sp³-hybridized carbons (Fsp3) is 0.560. The molecular formula is C25H38N6OS. The number of nitrogens with zero attached hydrogens (tertiary/aromatic N) is 6. The normalized spacial score (nSPS) is 16.4. The van der Waals surface area contributed by atoms with Crippen molar-refractivity contribution < 1.29 is 4.74 Å². The van der Waals surface area contributed by atoms with E-state index in [1.807, 2.05) is 24.7 Å². The second-order valence-corrected chi connectivity index (χ2v) is 10.7. The van der Waals surface area contributed by atoms with Crippen LogP contribution in [-0.2, 0) is 17.0 Å². The van der Waals surface area contributed by atoms with Crippen molar-refractivity contribution in [3.63, 3.8) is 0 Å². The zero-order valence-corrected chi connectivity index (χ0v) is 21.8. The van der Waals surface area contributed by atoms with E-state index in [0.29, 0.717) is 5.78 Å². The van der Waals surface area contributed by atoms with Gasteiger partial charge in [0.2, 0.25) is 0 Å². The lowest BCUT2D eigenvalue weighted by atomic mass is 9.87. The molecule has 180 valence electrons. The molecule has 3 heterocycles.